The van der Waals surface area contributed by atoms with E-state index in [1.807, 2.05) is 6.07 Å². The van der Waals surface area contributed by atoms with E-state index in [9.17, 15) is 20.1 Å². The van der Waals surface area contributed by atoms with Gasteiger partial charge in [0.1, 0.15) is 5.69 Å². The molecule has 0 unspecified atom stereocenters. The van der Waals surface area contributed by atoms with Crippen molar-refractivity contribution in [3.8, 4) is 0 Å². The molecule has 3 rings (SSSR count). The van der Waals surface area contributed by atoms with Gasteiger partial charge in [0.15, 0.2) is 0 Å². The summed E-state index contributed by atoms with van der Waals surface area (Å²) < 4.78 is 1.35. The molecule has 1 fully saturated rings. The van der Waals surface area contributed by atoms with Crippen molar-refractivity contribution in [2.24, 2.45) is 0 Å². The maximum Gasteiger partial charge on any atom is 0.275 e. The minimum Gasteiger partial charge on any atom is -0.395 e. The van der Waals surface area contributed by atoms with E-state index < -0.39 is 24.3 Å². The molecule has 24 heavy (non-hydrogen) atoms. The lowest BCUT2D eigenvalue weighted by Gasteiger charge is -2.16. The number of hydrogen-bond acceptors (Lipinski definition) is 7. The van der Waals surface area contributed by atoms with Crippen molar-refractivity contribution in [3.05, 3.63) is 42.2 Å². The van der Waals surface area contributed by atoms with Crippen molar-refractivity contribution in [2.75, 3.05) is 11.9 Å². The van der Waals surface area contributed by atoms with E-state index in [1.165, 1.54) is 10.9 Å². The van der Waals surface area contributed by atoms with E-state index in [2.05, 4.69) is 20.9 Å². The van der Waals surface area contributed by atoms with Crippen LogP contribution in [-0.2, 0) is 6.54 Å². The van der Waals surface area contributed by atoms with Gasteiger partial charge in [0.05, 0.1) is 43.6 Å². The Morgan fingerprint density at radius 2 is 1.92 bits per heavy atom. The quantitative estimate of drug-likeness (QED) is 0.454. The summed E-state index contributed by atoms with van der Waals surface area (Å²) in [5.41, 5.74) is 0.875. The largest absolute Gasteiger partial charge is 0.395 e. The number of hydrogen-bond donors (Lipinski definition) is 5. The summed E-state index contributed by atoms with van der Waals surface area (Å²) in [6, 6.07) is 7.81. The molecule has 1 amide bonds. The van der Waals surface area contributed by atoms with Crippen LogP contribution in [0, 0.1) is 0 Å². The second-order valence-electron chi connectivity index (χ2n) is 5.66. The van der Waals surface area contributed by atoms with Crippen molar-refractivity contribution < 1.29 is 20.1 Å². The fourth-order valence-corrected chi connectivity index (χ4v) is 2.74. The van der Waals surface area contributed by atoms with Gasteiger partial charge in [-0.05, 0) is 12.1 Å². The molecule has 0 aliphatic carbocycles. The maximum absolute atomic E-state index is 12.4. The molecule has 2 heterocycles. The lowest BCUT2D eigenvalue weighted by Crippen LogP contribution is -2.39. The van der Waals surface area contributed by atoms with Crippen LogP contribution < -0.4 is 10.6 Å². The molecule has 0 spiro atoms. The number of aliphatic hydroxyl groups is 3. The Hall–Kier alpha value is -2.33. The lowest BCUT2D eigenvalue weighted by molar-refractivity contribution is 0.0174. The third-order valence-electron chi connectivity index (χ3n) is 4.05. The number of rotatable bonds is 5. The standard InChI is InChI=1S/C15H19N5O4/c21-8-11-14(23)13(22)10(18-11)7-20-12(6-16-19-20)15(24)17-9-4-2-1-3-5-9/h1-6,10-11,13-14,18,21-23H,7-8H2,(H,17,24)/t10-,11-,13-,14-/m1/s1. The van der Waals surface area contributed by atoms with Crippen LogP contribution in [0.15, 0.2) is 36.5 Å². The number of amides is 1. The number of anilines is 1. The van der Waals surface area contributed by atoms with E-state index in [0.29, 0.717) is 5.69 Å². The van der Waals surface area contributed by atoms with Crippen molar-refractivity contribution >= 4 is 11.6 Å². The molecule has 0 radical (unpaired) electrons. The second kappa shape index (κ2) is 7.05. The number of nitrogens with zero attached hydrogens (tertiary/aromatic N) is 3. The number of aromatic nitrogens is 3. The van der Waals surface area contributed by atoms with Crippen molar-refractivity contribution in [3.63, 3.8) is 0 Å². The summed E-state index contributed by atoms with van der Waals surface area (Å²) in [7, 11) is 0. The average molecular weight is 333 g/mol. The lowest BCUT2D eigenvalue weighted by atomic mass is 10.1. The molecule has 4 atom stereocenters. The molecule has 1 aliphatic heterocycles. The first kappa shape index (κ1) is 16.5. The van der Waals surface area contributed by atoms with Crippen LogP contribution in [0.4, 0.5) is 5.69 Å². The van der Waals surface area contributed by atoms with Crippen LogP contribution in [0.1, 0.15) is 10.5 Å². The first-order valence-corrected chi connectivity index (χ1v) is 7.58. The fraction of sp³-hybridized carbons (Fsp3) is 0.400. The molecule has 2 aromatic rings. The van der Waals surface area contributed by atoms with Gasteiger partial charge in [-0.25, -0.2) is 4.68 Å². The van der Waals surface area contributed by atoms with Crippen LogP contribution in [-0.4, -0.2) is 67.1 Å². The highest BCUT2D eigenvalue weighted by Crippen LogP contribution is 2.16. The second-order valence-corrected chi connectivity index (χ2v) is 5.66. The zero-order valence-corrected chi connectivity index (χ0v) is 12.8. The van der Waals surface area contributed by atoms with Gasteiger partial charge < -0.3 is 26.0 Å². The zero-order valence-electron chi connectivity index (χ0n) is 12.8. The summed E-state index contributed by atoms with van der Waals surface area (Å²) in [5, 5.41) is 42.3. The van der Waals surface area contributed by atoms with E-state index in [1.54, 1.807) is 24.3 Å². The minimum absolute atomic E-state index is 0.131. The highest BCUT2D eigenvalue weighted by Gasteiger charge is 2.41. The van der Waals surface area contributed by atoms with E-state index >= 15 is 0 Å². The molecule has 5 N–H and O–H groups in total. The summed E-state index contributed by atoms with van der Waals surface area (Å²) in [5.74, 6) is -0.377. The minimum atomic E-state index is -1.08. The first-order valence-electron chi connectivity index (χ1n) is 7.58. The Bertz CT molecular complexity index is 692. The number of benzene rings is 1. The van der Waals surface area contributed by atoms with Crippen molar-refractivity contribution in [1.29, 1.82) is 0 Å². The Morgan fingerprint density at radius 3 is 2.58 bits per heavy atom. The predicted molar refractivity (Wildman–Crippen MR) is 84.2 cm³/mol. The van der Waals surface area contributed by atoms with Gasteiger partial charge >= 0.3 is 0 Å². The fourth-order valence-electron chi connectivity index (χ4n) is 2.74. The Balaban J connectivity index is 1.70. The highest BCUT2D eigenvalue weighted by molar-refractivity contribution is 6.02. The Labute approximate surface area is 137 Å². The summed E-state index contributed by atoms with van der Waals surface area (Å²) >= 11 is 0. The monoisotopic (exact) mass is 333 g/mol. The van der Waals surface area contributed by atoms with Gasteiger partial charge in [-0.1, -0.05) is 23.4 Å². The molecular weight excluding hydrogens is 314 g/mol. The SMILES string of the molecule is O=C(Nc1ccccc1)c1cnnn1C[C@H]1N[C@H](CO)[C@@H](O)[C@@H]1O. The summed E-state index contributed by atoms with van der Waals surface area (Å²) in [6.45, 7) is -0.167. The number of para-hydroxylation sites is 1. The van der Waals surface area contributed by atoms with Crippen LogP contribution in [0.25, 0.3) is 0 Å². The van der Waals surface area contributed by atoms with Crippen molar-refractivity contribution in [1.82, 2.24) is 20.3 Å². The van der Waals surface area contributed by atoms with Gasteiger partial charge in [0.2, 0.25) is 0 Å². The third kappa shape index (κ3) is 3.29. The molecule has 128 valence electrons. The summed E-state index contributed by atoms with van der Waals surface area (Å²) in [4.78, 5) is 12.4. The van der Waals surface area contributed by atoms with E-state index in [0.717, 1.165) is 0 Å². The molecule has 9 heteroatoms. The zero-order chi connectivity index (χ0) is 17.1. The van der Waals surface area contributed by atoms with Crippen LogP contribution in [0.2, 0.25) is 0 Å². The first-order chi connectivity index (χ1) is 11.6. The van der Waals surface area contributed by atoms with Gasteiger partial charge in [0.25, 0.3) is 5.91 Å². The Kier molecular flexibility index (Phi) is 4.86. The Morgan fingerprint density at radius 1 is 1.21 bits per heavy atom. The number of carbonyl (C=O) groups excluding carboxylic acids is 1. The normalized spacial score (nSPS) is 26.5. The number of carbonyl (C=O) groups is 1. The highest BCUT2D eigenvalue weighted by atomic mass is 16.3. The molecule has 1 saturated heterocycles. The molecule has 9 nitrogen and oxygen atoms in total. The summed E-state index contributed by atoms with van der Waals surface area (Å²) in [6.07, 6.45) is -0.818. The van der Waals surface area contributed by atoms with Gasteiger partial charge in [-0.15, -0.1) is 5.10 Å². The molecule has 0 saturated carbocycles. The molecule has 1 aliphatic rings. The topological polar surface area (TPSA) is 133 Å². The van der Waals surface area contributed by atoms with Gasteiger partial charge in [-0.3, -0.25) is 4.79 Å². The van der Waals surface area contributed by atoms with Crippen LogP contribution >= 0.6 is 0 Å². The molecule has 1 aromatic carbocycles. The molecular formula is C15H19N5O4. The smallest absolute Gasteiger partial charge is 0.275 e. The van der Waals surface area contributed by atoms with Gasteiger partial charge in [0, 0.05) is 5.69 Å². The maximum atomic E-state index is 12.4. The van der Waals surface area contributed by atoms with E-state index in [4.69, 9.17) is 0 Å². The molecule has 1 aromatic heterocycles. The third-order valence-corrected chi connectivity index (χ3v) is 4.05. The molecule has 0 bridgehead atoms. The number of nitrogens with one attached hydrogen (secondary N) is 2. The van der Waals surface area contributed by atoms with E-state index in [-0.39, 0.29) is 24.8 Å². The van der Waals surface area contributed by atoms with Crippen molar-refractivity contribution in [2.45, 2.75) is 30.8 Å². The van der Waals surface area contributed by atoms with Crippen LogP contribution in [0.5, 0.6) is 0 Å². The van der Waals surface area contributed by atoms with Crippen LogP contribution in [0.3, 0.4) is 0 Å². The average Bonchev–Trinajstić information content (AvgIpc) is 3.16. The number of aliphatic hydroxyl groups excluding tert-OH is 3. The predicted octanol–water partition coefficient (Wildman–Crippen LogP) is -1.42. The van der Waals surface area contributed by atoms with Gasteiger partial charge in [-0.2, -0.15) is 0 Å².